The molecule has 0 spiro atoms. The van der Waals surface area contributed by atoms with Crippen molar-refractivity contribution >= 4 is 27.8 Å². The molecule has 0 atom stereocenters. The molecule has 0 saturated carbocycles. The first-order valence-electron chi connectivity index (χ1n) is 13.8. The molecule has 0 aliphatic carbocycles. The van der Waals surface area contributed by atoms with E-state index in [1.165, 1.54) is 0 Å². The van der Waals surface area contributed by atoms with Gasteiger partial charge in [-0.15, -0.1) is 4.28 Å². The highest BCUT2D eigenvalue weighted by atomic mass is 32.2. The van der Waals surface area contributed by atoms with E-state index in [1.54, 1.807) is 40.0 Å². The van der Waals surface area contributed by atoms with Crippen LogP contribution < -0.4 is 19.9 Å². The van der Waals surface area contributed by atoms with E-state index >= 15 is 0 Å². The number of nitrogens with zero attached hydrogens (tertiary/aromatic N) is 3. The van der Waals surface area contributed by atoms with E-state index in [0.29, 0.717) is 31.1 Å². The summed E-state index contributed by atoms with van der Waals surface area (Å²) in [6, 6.07) is 18.0. The maximum atomic E-state index is 13.0. The fraction of sp³-hybridized carbons (Fsp3) is 0.258. The maximum absolute atomic E-state index is 13.0. The van der Waals surface area contributed by atoms with E-state index in [0.717, 1.165) is 39.8 Å². The molecule has 1 aliphatic rings. The minimum atomic E-state index is -3.83. The van der Waals surface area contributed by atoms with Crippen molar-refractivity contribution in [1.82, 2.24) is 15.3 Å². The lowest BCUT2D eigenvalue weighted by atomic mass is 10.1. The molecule has 0 unspecified atom stereocenters. The summed E-state index contributed by atoms with van der Waals surface area (Å²) in [4.78, 5) is 26.8. The Labute approximate surface area is 255 Å². The van der Waals surface area contributed by atoms with Crippen molar-refractivity contribution in [2.24, 2.45) is 0 Å². The molecule has 2 heterocycles. The first-order chi connectivity index (χ1) is 21.1. The standard InChI is InChI=1S/C31H32N4O8S/c1-21-7-4-12-28(22(21)2)40-15-16-42-31(37)35-13-14-41-29-26(10-6-11-27(29)35)25-18-32-34(20-25)19-23-8-5-9-24(17-23)30(36)33-43-44(3,38)39/h4-12,17-18,20H,13-16,19H2,1-3H3,(H,33,36). The number of hydroxylamine groups is 1. The smallest absolute Gasteiger partial charge is 0.414 e. The number of amides is 2. The van der Waals surface area contributed by atoms with Gasteiger partial charge in [0.05, 0.1) is 31.2 Å². The van der Waals surface area contributed by atoms with Gasteiger partial charge in [-0.1, -0.05) is 36.4 Å². The number of benzene rings is 3. The molecule has 44 heavy (non-hydrogen) atoms. The van der Waals surface area contributed by atoms with Crippen LogP contribution in [0.4, 0.5) is 10.5 Å². The molecule has 1 aliphatic heterocycles. The zero-order valence-electron chi connectivity index (χ0n) is 24.5. The van der Waals surface area contributed by atoms with Crippen LogP contribution >= 0.6 is 0 Å². The Morgan fingerprint density at radius 3 is 2.66 bits per heavy atom. The fourth-order valence-electron chi connectivity index (χ4n) is 4.66. The Balaban J connectivity index is 1.24. The molecule has 0 radical (unpaired) electrons. The van der Waals surface area contributed by atoms with E-state index in [9.17, 15) is 18.0 Å². The lowest BCUT2D eigenvalue weighted by Gasteiger charge is -2.30. The molecule has 2 amide bonds. The summed E-state index contributed by atoms with van der Waals surface area (Å²) in [5, 5.41) is 4.46. The summed E-state index contributed by atoms with van der Waals surface area (Å²) in [6.45, 7) is 5.31. The molecule has 13 heteroatoms. The van der Waals surface area contributed by atoms with Gasteiger partial charge >= 0.3 is 6.09 Å². The molecule has 1 aromatic heterocycles. The minimum absolute atomic E-state index is 0.0962. The quantitative estimate of drug-likeness (QED) is 0.204. The number of nitrogens with one attached hydrogen (secondary N) is 1. The molecule has 5 rings (SSSR count). The number of aryl methyl sites for hydroxylation is 1. The van der Waals surface area contributed by atoms with Crippen LogP contribution in [0.2, 0.25) is 0 Å². The average Bonchev–Trinajstić information content (AvgIpc) is 3.47. The van der Waals surface area contributed by atoms with Crippen LogP contribution in [0.25, 0.3) is 11.1 Å². The van der Waals surface area contributed by atoms with E-state index in [1.807, 2.05) is 61.9 Å². The fourth-order valence-corrected chi connectivity index (χ4v) is 4.89. The second-order valence-corrected chi connectivity index (χ2v) is 11.7. The molecular formula is C31H32N4O8S. The van der Waals surface area contributed by atoms with Gasteiger partial charge in [0.25, 0.3) is 16.0 Å². The van der Waals surface area contributed by atoms with Gasteiger partial charge < -0.3 is 14.2 Å². The van der Waals surface area contributed by atoms with Crippen LogP contribution in [0, 0.1) is 13.8 Å². The third-order valence-electron chi connectivity index (χ3n) is 6.95. The van der Waals surface area contributed by atoms with E-state index in [-0.39, 0.29) is 18.8 Å². The molecule has 4 aromatic rings. The monoisotopic (exact) mass is 620 g/mol. The number of hydrogen-bond donors (Lipinski definition) is 1. The second-order valence-electron chi connectivity index (χ2n) is 10.2. The van der Waals surface area contributed by atoms with E-state index in [2.05, 4.69) is 9.38 Å². The van der Waals surface area contributed by atoms with Gasteiger partial charge in [-0.05, 0) is 54.8 Å². The van der Waals surface area contributed by atoms with Gasteiger partial charge in [0.1, 0.15) is 25.6 Å². The molecule has 1 N–H and O–H groups in total. The Kier molecular flexibility index (Phi) is 9.16. The van der Waals surface area contributed by atoms with Crippen LogP contribution in [0.3, 0.4) is 0 Å². The molecule has 0 bridgehead atoms. The van der Waals surface area contributed by atoms with Gasteiger partial charge in [0, 0.05) is 22.9 Å². The number of carbonyl (C=O) groups excluding carboxylic acids is 2. The Morgan fingerprint density at radius 2 is 1.84 bits per heavy atom. The topological polar surface area (TPSA) is 138 Å². The molecular weight excluding hydrogens is 588 g/mol. The molecule has 3 aromatic carbocycles. The number of rotatable bonds is 10. The number of ether oxygens (including phenoxy) is 3. The van der Waals surface area contributed by atoms with Crippen LogP contribution in [0.5, 0.6) is 11.5 Å². The minimum Gasteiger partial charge on any atom is -0.490 e. The van der Waals surface area contributed by atoms with E-state index < -0.39 is 22.1 Å². The lowest BCUT2D eigenvalue weighted by molar-refractivity contribution is 0.0772. The molecule has 0 saturated heterocycles. The average molecular weight is 621 g/mol. The number of carbonyl (C=O) groups is 2. The van der Waals surface area contributed by atoms with Gasteiger partial charge in [-0.25, -0.2) is 10.3 Å². The number of aromatic nitrogens is 2. The van der Waals surface area contributed by atoms with Crippen molar-refractivity contribution in [1.29, 1.82) is 0 Å². The largest absolute Gasteiger partial charge is 0.490 e. The zero-order valence-corrected chi connectivity index (χ0v) is 25.3. The highest BCUT2D eigenvalue weighted by Gasteiger charge is 2.27. The number of fused-ring (bicyclic) bond motifs is 1. The summed E-state index contributed by atoms with van der Waals surface area (Å²) < 4.78 is 45.7. The van der Waals surface area contributed by atoms with Crippen molar-refractivity contribution in [2.75, 3.05) is 37.5 Å². The summed E-state index contributed by atoms with van der Waals surface area (Å²) in [6.07, 6.45) is 3.87. The SMILES string of the molecule is Cc1cccc(OCCOC(=O)N2CCOc3c(-c4cnn(Cc5cccc(C(=O)NOS(C)(=O)=O)c5)c4)cccc32)c1C. The van der Waals surface area contributed by atoms with Gasteiger partial charge in [-0.2, -0.15) is 13.5 Å². The van der Waals surface area contributed by atoms with Crippen molar-refractivity contribution < 1.29 is 36.5 Å². The van der Waals surface area contributed by atoms with Gasteiger partial charge in [-0.3, -0.25) is 14.4 Å². The number of anilines is 1. The van der Waals surface area contributed by atoms with Crippen molar-refractivity contribution in [3.8, 4) is 22.6 Å². The molecule has 0 fully saturated rings. The summed E-state index contributed by atoms with van der Waals surface area (Å²) in [5.74, 6) is 0.621. The first-order valence-corrected chi connectivity index (χ1v) is 15.6. The van der Waals surface area contributed by atoms with Crippen molar-refractivity contribution in [2.45, 2.75) is 20.4 Å². The first kappa shape index (κ1) is 30.6. The van der Waals surface area contributed by atoms with Crippen LogP contribution in [-0.2, 0) is 25.7 Å². The Bertz CT molecular complexity index is 1790. The molecule has 12 nitrogen and oxygen atoms in total. The Hall–Kier alpha value is -4.88. The summed E-state index contributed by atoms with van der Waals surface area (Å²) in [7, 11) is -3.83. The van der Waals surface area contributed by atoms with Crippen molar-refractivity contribution in [3.63, 3.8) is 0 Å². The highest BCUT2D eigenvalue weighted by Crippen LogP contribution is 2.40. The maximum Gasteiger partial charge on any atom is 0.414 e. The predicted molar refractivity (Wildman–Crippen MR) is 162 cm³/mol. The Morgan fingerprint density at radius 1 is 1.05 bits per heavy atom. The zero-order chi connectivity index (χ0) is 31.3. The van der Waals surface area contributed by atoms with Crippen LogP contribution in [0.1, 0.15) is 27.0 Å². The van der Waals surface area contributed by atoms with Crippen LogP contribution in [-0.4, -0.2) is 62.8 Å². The summed E-state index contributed by atoms with van der Waals surface area (Å²) in [5.41, 5.74) is 7.21. The van der Waals surface area contributed by atoms with Gasteiger partial charge in [0.15, 0.2) is 5.75 Å². The van der Waals surface area contributed by atoms with Crippen molar-refractivity contribution in [3.05, 3.63) is 95.3 Å². The second kappa shape index (κ2) is 13.2. The number of hydrogen-bond acceptors (Lipinski definition) is 9. The van der Waals surface area contributed by atoms with Crippen LogP contribution in [0.15, 0.2) is 73.1 Å². The molecule has 230 valence electrons. The lowest BCUT2D eigenvalue weighted by Crippen LogP contribution is -2.39. The third-order valence-corrected chi connectivity index (χ3v) is 7.34. The van der Waals surface area contributed by atoms with E-state index in [4.69, 9.17) is 14.2 Å². The predicted octanol–water partition coefficient (Wildman–Crippen LogP) is 4.25. The summed E-state index contributed by atoms with van der Waals surface area (Å²) >= 11 is 0. The third kappa shape index (κ3) is 7.36. The highest BCUT2D eigenvalue weighted by molar-refractivity contribution is 7.85. The normalized spacial score (nSPS) is 12.7. The van der Waals surface area contributed by atoms with Gasteiger partial charge in [0.2, 0.25) is 0 Å². The number of para-hydroxylation sites is 1.